The molecule has 0 radical (unpaired) electrons. The molecular formula is C15H24FNO2. The van der Waals surface area contributed by atoms with Gasteiger partial charge in [-0.15, -0.1) is 0 Å². The Hall–Kier alpha value is -1.13. The molecule has 1 N–H and O–H groups in total. The molecule has 1 unspecified atom stereocenters. The highest BCUT2D eigenvalue weighted by Gasteiger charge is 2.16. The Morgan fingerprint density at radius 1 is 1.37 bits per heavy atom. The van der Waals surface area contributed by atoms with Crippen LogP contribution in [-0.2, 0) is 4.74 Å². The van der Waals surface area contributed by atoms with E-state index in [9.17, 15) is 9.50 Å². The first kappa shape index (κ1) is 15.9. The zero-order valence-corrected chi connectivity index (χ0v) is 12.2. The Kier molecular flexibility index (Phi) is 5.76. The van der Waals surface area contributed by atoms with Crippen LogP contribution in [-0.4, -0.2) is 36.5 Å². The van der Waals surface area contributed by atoms with Crippen LogP contribution in [0.2, 0.25) is 0 Å². The lowest BCUT2D eigenvalue weighted by Gasteiger charge is -2.28. The maximum Gasteiger partial charge on any atom is 0.125 e. The molecule has 1 aromatic carbocycles. The van der Waals surface area contributed by atoms with Crippen molar-refractivity contribution in [2.24, 2.45) is 0 Å². The highest BCUT2D eigenvalue weighted by molar-refractivity contribution is 5.46. The number of nitrogens with zero attached hydrogens (tertiary/aromatic N) is 1. The number of aliphatic hydroxyl groups is 1. The van der Waals surface area contributed by atoms with Crippen molar-refractivity contribution in [1.29, 1.82) is 0 Å². The molecule has 4 heteroatoms. The van der Waals surface area contributed by atoms with E-state index in [4.69, 9.17) is 4.74 Å². The molecule has 0 spiro atoms. The first-order valence-electron chi connectivity index (χ1n) is 6.64. The van der Waals surface area contributed by atoms with Crippen molar-refractivity contribution in [3.63, 3.8) is 0 Å². The van der Waals surface area contributed by atoms with Crippen LogP contribution >= 0.6 is 0 Å². The van der Waals surface area contributed by atoms with Crippen molar-refractivity contribution in [3.05, 3.63) is 30.1 Å². The second-order valence-electron chi connectivity index (χ2n) is 5.60. The molecule has 1 rings (SSSR count). The third kappa shape index (κ3) is 6.03. The number of halogens is 1. The number of anilines is 1. The Labute approximate surface area is 115 Å². The Balaban J connectivity index is 2.57. The highest BCUT2D eigenvalue weighted by atomic mass is 19.1. The smallest absolute Gasteiger partial charge is 0.125 e. The molecule has 1 aromatic rings. The lowest BCUT2D eigenvalue weighted by Crippen LogP contribution is -2.37. The van der Waals surface area contributed by atoms with Gasteiger partial charge in [-0.2, -0.15) is 0 Å². The van der Waals surface area contributed by atoms with Gasteiger partial charge in [-0.3, -0.25) is 0 Å². The summed E-state index contributed by atoms with van der Waals surface area (Å²) in [4.78, 5) is 1.93. The van der Waals surface area contributed by atoms with Crippen LogP contribution in [0, 0.1) is 5.82 Å². The largest absolute Gasteiger partial charge is 0.389 e. The first-order valence-corrected chi connectivity index (χ1v) is 6.64. The molecule has 0 aliphatic heterocycles. The standard InChI is InChI=1S/C15H24FNO2/c1-5-17(13-8-6-7-12(16)9-13)10-14(18)11-19-15(2,3)4/h6-9,14,18H,5,10-11H2,1-4H3. The van der Waals surface area contributed by atoms with Crippen molar-refractivity contribution >= 4 is 5.69 Å². The molecule has 3 nitrogen and oxygen atoms in total. The van der Waals surface area contributed by atoms with Gasteiger partial charge in [0.15, 0.2) is 0 Å². The Morgan fingerprint density at radius 3 is 2.58 bits per heavy atom. The normalized spacial score (nSPS) is 13.4. The number of ether oxygens (including phenoxy) is 1. The summed E-state index contributed by atoms with van der Waals surface area (Å²) < 4.78 is 18.7. The number of hydrogen-bond acceptors (Lipinski definition) is 3. The molecule has 0 aromatic heterocycles. The average Bonchev–Trinajstić information content (AvgIpc) is 2.32. The topological polar surface area (TPSA) is 32.7 Å². The van der Waals surface area contributed by atoms with Crippen LogP contribution in [0.4, 0.5) is 10.1 Å². The fraction of sp³-hybridized carbons (Fsp3) is 0.600. The second kappa shape index (κ2) is 6.87. The second-order valence-corrected chi connectivity index (χ2v) is 5.60. The number of rotatable bonds is 6. The molecule has 0 saturated heterocycles. The maximum atomic E-state index is 13.2. The summed E-state index contributed by atoms with van der Waals surface area (Å²) >= 11 is 0. The van der Waals surface area contributed by atoms with E-state index >= 15 is 0 Å². The number of benzene rings is 1. The highest BCUT2D eigenvalue weighted by Crippen LogP contribution is 2.16. The van der Waals surface area contributed by atoms with E-state index < -0.39 is 6.10 Å². The molecule has 0 aliphatic carbocycles. The van der Waals surface area contributed by atoms with Gasteiger partial charge in [-0.1, -0.05) is 6.07 Å². The van der Waals surface area contributed by atoms with Crippen molar-refractivity contribution in [2.45, 2.75) is 39.4 Å². The van der Waals surface area contributed by atoms with Crippen LogP contribution in [0.5, 0.6) is 0 Å². The molecule has 19 heavy (non-hydrogen) atoms. The molecule has 1 atom stereocenters. The van der Waals surface area contributed by atoms with Crippen molar-refractivity contribution in [1.82, 2.24) is 0 Å². The van der Waals surface area contributed by atoms with E-state index in [1.165, 1.54) is 12.1 Å². The summed E-state index contributed by atoms with van der Waals surface area (Å²) in [5.41, 5.74) is 0.508. The molecule has 108 valence electrons. The monoisotopic (exact) mass is 269 g/mol. The number of aliphatic hydroxyl groups excluding tert-OH is 1. The van der Waals surface area contributed by atoms with Gasteiger partial charge in [0.1, 0.15) is 5.82 Å². The van der Waals surface area contributed by atoms with Gasteiger partial charge in [0.25, 0.3) is 0 Å². The van der Waals surface area contributed by atoms with Gasteiger partial charge in [-0.25, -0.2) is 4.39 Å². The molecular weight excluding hydrogens is 245 g/mol. The SMILES string of the molecule is CCN(CC(O)COC(C)(C)C)c1cccc(F)c1. The predicted molar refractivity (Wildman–Crippen MR) is 76.0 cm³/mol. The van der Waals surface area contributed by atoms with E-state index in [-0.39, 0.29) is 18.0 Å². The van der Waals surface area contributed by atoms with Crippen LogP contribution < -0.4 is 4.90 Å². The predicted octanol–water partition coefficient (Wildman–Crippen LogP) is 2.83. The minimum atomic E-state index is -0.595. The summed E-state index contributed by atoms with van der Waals surface area (Å²) in [5, 5.41) is 9.98. The van der Waals surface area contributed by atoms with Crippen LogP contribution in [0.25, 0.3) is 0 Å². The van der Waals surface area contributed by atoms with E-state index in [2.05, 4.69) is 0 Å². The van der Waals surface area contributed by atoms with Gasteiger partial charge in [-0.05, 0) is 45.9 Å². The molecule has 0 saturated carbocycles. The van der Waals surface area contributed by atoms with Crippen molar-refractivity contribution in [3.8, 4) is 0 Å². The first-order chi connectivity index (χ1) is 8.81. The minimum absolute atomic E-state index is 0.267. The summed E-state index contributed by atoms with van der Waals surface area (Å²) in [6, 6.07) is 6.40. The van der Waals surface area contributed by atoms with Gasteiger partial charge in [0, 0.05) is 18.8 Å². The summed E-state index contributed by atoms with van der Waals surface area (Å²) in [6.07, 6.45) is -0.595. The van der Waals surface area contributed by atoms with Gasteiger partial charge < -0.3 is 14.7 Å². The van der Waals surface area contributed by atoms with Crippen LogP contribution in [0.15, 0.2) is 24.3 Å². The third-order valence-corrected chi connectivity index (χ3v) is 2.69. The zero-order valence-electron chi connectivity index (χ0n) is 12.2. The van der Waals surface area contributed by atoms with E-state index in [1.807, 2.05) is 38.7 Å². The summed E-state index contributed by atoms with van der Waals surface area (Å²) in [5.74, 6) is -0.267. The average molecular weight is 269 g/mol. The van der Waals surface area contributed by atoms with Crippen molar-refractivity contribution < 1.29 is 14.2 Å². The quantitative estimate of drug-likeness (QED) is 0.862. The maximum absolute atomic E-state index is 13.2. The molecule has 0 aliphatic rings. The Bertz CT molecular complexity index is 390. The van der Waals surface area contributed by atoms with Crippen LogP contribution in [0.3, 0.4) is 0 Å². The molecule has 0 bridgehead atoms. The van der Waals surface area contributed by atoms with Gasteiger partial charge in [0.2, 0.25) is 0 Å². The minimum Gasteiger partial charge on any atom is -0.389 e. The Morgan fingerprint density at radius 2 is 2.05 bits per heavy atom. The lowest BCUT2D eigenvalue weighted by atomic mass is 10.2. The molecule has 0 heterocycles. The van der Waals surface area contributed by atoms with E-state index in [0.717, 1.165) is 5.69 Å². The van der Waals surface area contributed by atoms with Gasteiger partial charge >= 0.3 is 0 Å². The van der Waals surface area contributed by atoms with E-state index in [0.29, 0.717) is 13.1 Å². The summed E-state index contributed by atoms with van der Waals surface area (Å²) in [6.45, 7) is 9.22. The fourth-order valence-corrected chi connectivity index (χ4v) is 1.74. The lowest BCUT2D eigenvalue weighted by molar-refractivity contribution is -0.0463. The fourth-order valence-electron chi connectivity index (χ4n) is 1.74. The molecule has 0 amide bonds. The van der Waals surface area contributed by atoms with Crippen molar-refractivity contribution in [2.75, 3.05) is 24.6 Å². The summed E-state index contributed by atoms with van der Waals surface area (Å²) in [7, 11) is 0. The van der Waals surface area contributed by atoms with E-state index in [1.54, 1.807) is 6.07 Å². The van der Waals surface area contributed by atoms with Crippen LogP contribution in [0.1, 0.15) is 27.7 Å². The number of hydrogen-bond donors (Lipinski definition) is 1. The third-order valence-electron chi connectivity index (χ3n) is 2.69. The zero-order chi connectivity index (χ0) is 14.5. The molecule has 0 fully saturated rings. The van der Waals surface area contributed by atoms with Gasteiger partial charge in [0.05, 0.1) is 18.3 Å². The number of likely N-dealkylation sites (N-methyl/N-ethyl adjacent to an activating group) is 1.